The molecule has 3 aromatic rings. The number of aromatic nitrogens is 2. The van der Waals surface area contributed by atoms with Crippen LogP contribution in [0, 0.1) is 24.6 Å². The van der Waals surface area contributed by atoms with Crippen LogP contribution in [0.2, 0.25) is 0 Å². The predicted octanol–water partition coefficient (Wildman–Crippen LogP) is 3.91. The summed E-state index contributed by atoms with van der Waals surface area (Å²) in [6.07, 6.45) is 3.00. The van der Waals surface area contributed by atoms with Crippen molar-refractivity contribution in [1.82, 2.24) is 9.97 Å². The Morgan fingerprint density at radius 2 is 1.72 bits per heavy atom. The van der Waals surface area contributed by atoms with Crippen LogP contribution in [-0.2, 0) is 20.1 Å². The Hall–Kier alpha value is -2.50. The molecule has 1 N–H and O–H groups in total. The van der Waals surface area contributed by atoms with E-state index < -0.39 is 17.6 Å². The first-order valence-electron chi connectivity index (χ1n) is 6.92. The Morgan fingerprint density at radius 3 is 2.20 bits per heavy atom. The maximum absolute atomic E-state index is 13.6. The molecule has 3 rings (SSSR count). The standard InChI is InChI=1S/C12H8F2N.C6H5NO2.Ir/c1-8-10(13)6-5-9(12(8)14)11-4-2-3-7-15-11;8-6(9)5-3-1-2-4-7-5;/h2-4,6-7H,1H3;1-4H,(H,8,9);/q-1;;. The van der Waals surface area contributed by atoms with Crippen LogP contribution in [0.1, 0.15) is 16.1 Å². The van der Waals surface area contributed by atoms with Crippen molar-refractivity contribution in [3.05, 3.63) is 83.8 Å². The summed E-state index contributed by atoms with van der Waals surface area (Å²) in [5.41, 5.74) is 0.736. The van der Waals surface area contributed by atoms with Gasteiger partial charge in [0, 0.05) is 44.1 Å². The van der Waals surface area contributed by atoms with Gasteiger partial charge in [-0.15, -0.1) is 12.1 Å². The van der Waals surface area contributed by atoms with E-state index in [4.69, 9.17) is 5.11 Å². The molecule has 1 aromatic carbocycles. The molecule has 131 valence electrons. The molecule has 7 heteroatoms. The van der Waals surface area contributed by atoms with Gasteiger partial charge in [0.2, 0.25) is 0 Å². The molecule has 0 fully saturated rings. The Labute approximate surface area is 156 Å². The summed E-state index contributed by atoms with van der Waals surface area (Å²) in [6, 6.07) is 13.6. The van der Waals surface area contributed by atoms with E-state index in [9.17, 15) is 13.6 Å². The first-order chi connectivity index (χ1) is 11.5. The van der Waals surface area contributed by atoms with Gasteiger partial charge in [-0.05, 0) is 23.9 Å². The fourth-order valence-corrected chi connectivity index (χ4v) is 1.79. The second-order valence-corrected chi connectivity index (χ2v) is 4.69. The second-order valence-electron chi connectivity index (χ2n) is 4.69. The molecule has 0 atom stereocenters. The molecule has 0 unspecified atom stereocenters. The van der Waals surface area contributed by atoms with Gasteiger partial charge in [0.15, 0.2) is 0 Å². The number of halogens is 2. The molecule has 0 amide bonds. The molecule has 0 saturated heterocycles. The van der Waals surface area contributed by atoms with Crippen LogP contribution in [0.5, 0.6) is 0 Å². The molecule has 0 bridgehead atoms. The molecule has 25 heavy (non-hydrogen) atoms. The van der Waals surface area contributed by atoms with Crippen molar-refractivity contribution in [1.29, 1.82) is 0 Å². The summed E-state index contributed by atoms with van der Waals surface area (Å²) >= 11 is 0. The Bertz CT molecular complexity index is 831. The topological polar surface area (TPSA) is 63.1 Å². The number of carbonyl (C=O) groups is 1. The zero-order chi connectivity index (χ0) is 17.5. The largest absolute Gasteiger partial charge is 0.477 e. The van der Waals surface area contributed by atoms with Crippen molar-refractivity contribution in [3.8, 4) is 11.3 Å². The zero-order valence-electron chi connectivity index (χ0n) is 13.0. The van der Waals surface area contributed by atoms with Gasteiger partial charge in [-0.25, -0.2) is 9.78 Å². The third kappa shape index (κ3) is 5.52. The fraction of sp³-hybridized carbons (Fsp3) is 0.0556. The number of benzene rings is 1. The van der Waals surface area contributed by atoms with Crippen molar-refractivity contribution in [2.45, 2.75) is 6.92 Å². The third-order valence-corrected chi connectivity index (χ3v) is 3.06. The summed E-state index contributed by atoms with van der Waals surface area (Å²) in [5, 5.41) is 8.32. The minimum Gasteiger partial charge on any atom is -0.477 e. The van der Waals surface area contributed by atoms with E-state index in [0.717, 1.165) is 6.07 Å². The number of aromatic carboxylic acids is 1. The molecule has 2 aromatic heterocycles. The van der Waals surface area contributed by atoms with Crippen LogP contribution in [0.15, 0.2) is 54.9 Å². The molecule has 0 aliphatic rings. The smallest absolute Gasteiger partial charge is 0.354 e. The fourth-order valence-electron chi connectivity index (χ4n) is 1.79. The van der Waals surface area contributed by atoms with Crippen LogP contribution in [0.4, 0.5) is 8.78 Å². The van der Waals surface area contributed by atoms with Crippen molar-refractivity contribution in [3.63, 3.8) is 0 Å². The normalized spacial score (nSPS) is 9.40. The van der Waals surface area contributed by atoms with Crippen molar-refractivity contribution >= 4 is 5.97 Å². The monoisotopic (exact) mass is 520 g/mol. The molecule has 2 heterocycles. The molecule has 0 spiro atoms. The van der Waals surface area contributed by atoms with Crippen molar-refractivity contribution in [2.75, 3.05) is 0 Å². The number of carboxylic acid groups (broad SMARTS) is 1. The minimum absolute atomic E-state index is 0. The van der Waals surface area contributed by atoms with E-state index in [0.29, 0.717) is 5.69 Å². The summed E-state index contributed by atoms with van der Waals surface area (Å²) in [5.74, 6) is -2.18. The summed E-state index contributed by atoms with van der Waals surface area (Å²) < 4.78 is 26.6. The number of pyridine rings is 2. The SMILES string of the molecule is Cc1c(F)c[c-]c(-c2ccccn2)c1F.O=C(O)c1ccccn1.[Ir]. The van der Waals surface area contributed by atoms with Gasteiger partial charge >= 0.3 is 5.97 Å². The van der Waals surface area contributed by atoms with Crippen LogP contribution in [0.25, 0.3) is 11.3 Å². The molecule has 1 radical (unpaired) electrons. The van der Waals surface area contributed by atoms with Crippen LogP contribution in [-0.4, -0.2) is 21.0 Å². The van der Waals surface area contributed by atoms with Crippen LogP contribution < -0.4 is 0 Å². The summed E-state index contributed by atoms with van der Waals surface area (Å²) in [6.45, 7) is 1.39. The van der Waals surface area contributed by atoms with E-state index >= 15 is 0 Å². The van der Waals surface area contributed by atoms with E-state index in [2.05, 4.69) is 16.0 Å². The van der Waals surface area contributed by atoms with Gasteiger partial charge in [-0.3, -0.25) is 8.78 Å². The Kier molecular flexibility index (Phi) is 7.98. The average Bonchev–Trinajstić information content (AvgIpc) is 2.62. The molecule has 0 saturated carbocycles. The van der Waals surface area contributed by atoms with Gasteiger partial charge in [0.05, 0.1) is 0 Å². The molecule has 0 aliphatic carbocycles. The number of hydrogen-bond acceptors (Lipinski definition) is 3. The predicted molar refractivity (Wildman–Crippen MR) is 84.4 cm³/mol. The van der Waals surface area contributed by atoms with Gasteiger partial charge in [0.1, 0.15) is 5.69 Å². The van der Waals surface area contributed by atoms with E-state index in [1.165, 1.54) is 19.2 Å². The van der Waals surface area contributed by atoms with Gasteiger partial charge < -0.3 is 10.1 Å². The molecular weight excluding hydrogens is 506 g/mol. The van der Waals surface area contributed by atoms with E-state index in [1.54, 1.807) is 36.5 Å². The van der Waals surface area contributed by atoms with Crippen molar-refractivity contribution in [2.24, 2.45) is 0 Å². The number of carboxylic acids is 1. The maximum Gasteiger partial charge on any atom is 0.354 e. The van der Waals surface area contributed by atoms with Gasteiger partial charge in [-0.1, -0.05) is 36.2 Å². The molecule has 0 aliphatic heterocycles. The van der Waals surface area contributed by atoms with Crippen LogP contribution in [0.3, 0.4) is 0 Å². The number of nitrogens with zero attached hydrogens (tertiary/aromatic N) is 2. The minimum atomic E-state index is -0.990. The Morgan fingerprint density at radius 1 is 1.08 bits per heavy atom. The number of hydrogen-bond donors (Lipinski definition) is 1. The average molecular weight is 520 g/mol. The first kappa shape index (κ1) is 20.5. The van der Waals surface area contributed by atoms with E-state index in [-0.39, 0.29) is 36.9 Å². The van der Waals surface area contributed by atoms with Crippen molar-refractivity contribution < 1.29 is 38.8 Å². The zero-order valence-corrected chi connectivity index (χ0v) is 15.4. The maximum atomic E-state index is 13.6. The molecule has 4 nitrogen and oxygen atoms in total. The first-order valence-corrected chi connectivity index (χ1v) is 6.92. The summed E-state index contributed by atoms with van der Waals surface area (Å²) in [4.78, 5) is 17.7. The number of rotatable bonds is 2. The van der Waals surface area contributed by atoms with E-state index in [1.807, 2.05) is 0 Å². The molecular formula is C18H13F2IrN2O2-. The van der Waals surface area contributed by atoms with Crippen LogP contribution >= 0.6 is 0 Å². The summed E-state index contributed by atoms with van der Waals surface area (Å²) in [7, 11) is 0. The second kappa shape index (κ2) is 9.71. The third-order valence-electron chi connectivity index (χ3n) is 3.06. The van der Waals surface area contributed by atoms with Gasteiger partial charge in [-0.2, -0.15) is 0 Å². The quantitative estimate of drug-likeness (QED) is 0.522. The van der Waals surface area contributed by atoms with Gasteiger partial charge in [0.25, 0.3) is 0 Å². The Balaban J connectivity index is 0.000000270.